The van der Waals surface area contributed by atoms with Gasteiger partial charge in [0, 0.05) is 37.3 Å². The Hall–Kier alpha value is -3.05. The van der Waals surface area contributed by atoms with Gasteiger partial charge in [-0.3, -0.25) is 4.90 Å². The molecule has 40 heavy (non-hydrogen) atoms. The smallest absolute Gasteiger partial charge is 0.264 e. The van der Waals surface area contributed by atoms with Gasteiger partial charge in [-0.2, -0.15) is 4.98 Å². The molecule has 0 radical (unpaired) electrons. The molecular weight excluding hydrogens is 526 g/mol. The summed E-state index contributed by atoms with van der Waals surface area (Å²) in [7, 11) is -3.96. The highest BCUT2D eigenvalue weighted by molar-refractivity contribution is 7.92. The number of epoxide rings is 1. The van der Waals surface area contributed by atoms with Crippen LogP contribution in [0.3, 0.4) is 0 Å². The van der Waals surface area contributed by atoms with Crippen LogP contribution in [-0.2, 0) is 14.8 Å². The number of hydrogen-bond donors (Lipinski definition) is 2. The van der Waals surface area contributed by atoms with Crippen molar-refractivity contribution in [2.24, 2.45) is 5.92 Å². The van der Waals surface area contributed by atoms with Crippen molar-refractivity contribution in [3.8, 4) is 17.1 Å². The van der Waals surface area contributed by atoms with Crippen molar-refractivity contribution in [3.05, 3.63) is 65.2 Å². The SMILES string of the molecule is Cc1cccc(C)c1-c1cc2nc(n1)NS(=O)(=O)c1cccc(c1)C1OC1N1C[C@@H](CNC[C@@H]1CCC(C)C)O2. The van der Waals surface area contributed by atoms with E-state index in [1.165, 1.54) is 0 Å². The first-order valence-electron chi connectivity index (χ1n) is 14.0. The third kappa shape index (κ3) is 5.58. The summed E-state index contributed by atoms with van der Waals surface area (Å²) < 4.78 is 42.3. The lowest BCUT2D eigenvalue weighted by Crippen LogP contribution is -2.44. The standard InChI is InChI=1S/C30H37N5O4S/c1-18(2)11-12-22-15-31-16-23-17-35(22)29-28(39-29)21-9-6-10-24(13-21)40(36,37)34-30-32-25(14-26(33-30)38-23)27-19(3)7-5-8-20(27)4/h5-10,13-14,18,22-23,28-29,31H,11-12,15-17H2,1-4H3,(H,32,33,34)/t22-,23+,28?,29?/m0/s1. The second-order valence-corrected chi connectivity index (χ2v) is 13.2. The highest BCUT2D eigenvalue weighted by Gasteiger charge is 2.48. The molecule has 0 aliphatic carbocycles. The molecular formula is C30H37N5O4S. The first-order valence-corrected chi connectivity index (χ1v) is 15.5. The monoisotopic (exact) mass is 563 g/mol. The molecule has 6 rings (SSSR count). The average Bonchev–Trinajstić information content (AvgIpc) is 3.71. The van der Waals surface area contributed by atoms with Crippen molar-refractivity contribution in [2.45, 2.75) is 69.9 Å². The van der Waals surface area contributed by atoms with Crippen LogP contribution in [0.25, 0.3) is 11.3 Å². The maximum Gasteiger partial charge on any atom is 0.264 e. The number of anilines is 1. The number of hydrogen-bond acceptors (Lipinski definition) is 8. The van der Waals surface area contributed by atoms with Crippen molar-refractivity contribution in [2.75, 3.05) is 24.4 Å². The van der Waals surface area contributed by atoms with Gasteiger partial charge in [-0.15, -0.1) is 0 Å². The number of nitrogens with one attached hydrogen (secondary N) is 2. The second kappa shape index (κ2) is 10.7. The molecule has 0 spiro atoms. The summed E-state index contributed by atoms with van der Waals surface area (Å²) in [5.74, 6) is 0.909. The minimum atomic E-state index is -3.96. The Morgan fingerprint density at radius 1 is 1.05 bits per heavy atom. The van der Waals surface area contributed by atoms with E-state index in [0.29, 0.717) is 30.6 Å². The number of sulfonamides is 1. The van der Waals surface area contributed by atoms with E-state index in [9.17, 15) is 8.42 Å². The maximum absolute atomic E-state index is 13.5. The van der Waals surface area contributed by atoms with Gasteiger partial charge in [0.05, 0.1) is 10.6 Å². The fraction of sp³-hybridized carbons (Fsp3) is 0.467. The summed E-state index contributed by atoms with van der Waals surface area (Å²) in [4.78, 5) is 11.7. The number of ether oxygens (including phenoxy) is 2. The molecule has 3 aliphatic rings. The van der Waals surface area contributed by atoms with E-state index in [4.69, 9.17) is 9.47 Å². The number of fused-ring (bicyclic) bond motifs is 9. The summed E-state index contributed by atoms with van der Waals surface area (Å²) >= 11 is 0. The van der Waals surface area contributed by atoms with Gasteiger partial charge in [-0.1, -0.05) is 44.2 Å². The third-order valence-corrected chi connectivity index (χ3v) is 9.28. The van der Waals surface area contributed by atoms with E-state index < -0.39 is 10.0 Å². The van der Waals surface area contributed by atoms with Gasteiger partial charge in [-0.05, 0) is 61.4 Å². The molecule has 10 heteroatoms. The topological polar surface area (TPSA) is 109 Å². The lowest BCUT2D eigenvalue weighted by Gasteiger charge is -2.30. The molecule has 5 atom stereocenters. The Morgan fingerprint density at radius 3 is 2.60 bits per heavy atom. The zero-order chi connectivity index (χ0) is 28.0. The highest BCUT2D eigenvalue weighted by atomic mass is 32.2. The van der Waals surface area contributed by atoms with Crippen LogP contribution in [0.2, 0.25) is 0 Å². The molecule has 0 amide bonds. The summed E-state index contributed by atoms with van der Waals surface area (Å²) in [6.45, 7) is 10.7. The van der Waals surface area contributed by atoms with Crippen LogP contribution in [0.1, 0.15) is 49.5 Å². The minimum Gasteiger partial charge on any atom is -0.471 e. The molecule has 6 bridgehead atoms. The molecule has 3 aliphatic heterocycles. The Balaban J connectivity index is 1.45. The fourth-order valence-electron chi connectivity index (χ4n) is 5.85. The fourth-order valence-corrected chi connectivity index (χ4v) is 6.85. The van der Waals surface area contributed by atoms with Crippen LogP contribution in [0.5, 0.6) is 5.88 Å². The van der Waals surface area contributed by atoms with Crippen molar-refractivity contribution >= 4 is 16.0 Å². The van der Waals surface area contributed by atoms with Crippen molar-refractivity contribution in [1.82, 2.24) is 20.2 Å². The first-order chi connectivity index (χ1) is 19.2. The average molecular weight is 564 g/mol. The van der Waals surface area contributed by atoms with Gasteiger partial charge in [0.15, 0.2) is 0 Å². The van der Waals surface area contributed by atoms with E-state index in [2.05, 4.69) is 38.8 Å². The van der Waals surface area contributed by atoms with Crippen LogP contribution in [0.4, 0.5) is 5.95 Å². The number of aryl methyl sites for hydroxylation is 2. The second-order valence-electron chi connectivity index (χ2n) is 11.5. The van der Waals surface area contributed by atoms with Gasteiger partial charge >= 0.3 is 0 Å². The van der Waals surface area contributed by atoms with Crippen LogP contribution in [0.15, 0.2) is 53.4 Å². The van der Waals surface area contributed by atoms with Crippen LogP contribution < -0.4 is 14.8 Å². The van der Waals surface area contributed by atoms with Gasteiger partial charge in [-0.25, -0.2) is 18.1 Å². The zero-order valence-electron chi connectivity index (χ0n) is 23.4. The van der Waals surface area contributed by atoms with Crippen LogP contribution >= 0.6 is 0 Å². The molecule has 3 aromatic rings. The van der Waals surface area contributed by atoms with E-state index >= 15 is 0 Å². The predicted octanol–water partition coefficient (Wildman–Crippen LogP) is 4.43. The summed E-state index contributed by atoms with van der Waals surface area (Å²) in [5, 5.41) is 3.60. The Bertz CT molecular complexity index is 1490. The molecule has 2 N–H and O–H groups in total. The molecule has 9 nitrogen and oxygen atoms in total. The molecule has 1 aromatic heterocycles. The summed E-state index contributed by atoms with van der Waals surface area (Å²) in [5.41, 5.74) is 4.45. The Morgan fingerprint density at radius 2 is 1.82 bits per heavy atom. The van der Waals surface area contributed by atoms with Crippen molar-refractivity contribution in [1.29, 1.82) is 0 Å². The van der Waals surface area contributed by atoms with E-state index in [1.807, 2.05) is 44.2 Å². The minimum absolute atomic E-state index is 0.0218. The molecule has 3 unspecified atom stereocenters. The lowest BCUT2D eigenvalue weighted by atomic mass is 10.00. The molecule has 4 heterocycles. The first kappa shape index (κ1) is 27.1. The molecule has 212 valence electrons. The number of nitrogens with zero attached hydrogens (tertiary/aromatic N) is 3. The van der Waals surface area contributed by atoms with Gasteiger partial charge in [0.1, 0.15) is 18.4 Å². The van der Waals surface area contributed by atoms with Crippen LogP contribution in [0, 0.1) is 19.8 Å². The van der Waals surface area contributed by atoms with Crippen LogP contribution in [-0.4, -0.2) is 61.3 Å². The normalized spacial score (nSPS) is 27.0. The Labute approximate surface area is 236 Å². The summed E-state index contributed by atoms with van der Waals surface area (Å²) in [6, 6.07) is 15.1. The number of rotatable bonds is 4. The number of aromatic nitrogens is 2. The molecule has 2 fully saturated rings. The van der Waals surface area contributed by atoms with Gasteiger partial charge in [0.2, 0.25) is 11.8 Å². The van der Waals surface area contributed by atoms with Crippen molar-refractivity contribution < 1.29 is 17.9 Å². The van der Waals surface area contributed by atoms with E-state index in [0.717, 1.165) is 41.6 Å². The van der Waals surface area contributed by atoms with E-state index in [-0.39, 0.29) is 35.3 Å². The largest absolute Gasteiger partial charge is 0.471 e. The third-order valence-electron chi connectivity index (χ3n) is 7.96. The van der Waals surface area contributed by atoms with Gasteiger partial charge < -0.3 is 14.8 Å². The Kier molecular flexibility index (Phi) is 7.28. The highest BCUT2D eigenvalue weighted by Crippen LogP contribution is 2.43. The zero-order valence-corrected chi connectivity index (χ0v) is 24.2. The predicted molar refractivity (Wildman–Crippen MR) is 154 cm³/mol. The van der Waals surface area contributed by atoms with Gasteiger partial charge in [0.25, 0.3) is 10.0 Å². The lowest BCUT2D eigenvalue weighted by molar-refractivity contribution is 0.0771. The molecule has 2 aromatic carbocycles. The van der Waals surface area contributed by atoms with Crippen molar-refractivity contribution in [3.63, 3.8) is 0 Å². The summed E-state index contributed by atoms with van der Waals surface area (Å²) in [6.07, 6.45) is 1.61. The molecule has 2 saturated heterocycles. The van der Waals surface area contributed by atoms with E-state index in [1.54, 1.807) is 18.2 Å². The number of benzene rings is 2. The molecule has 0 saturated carbocycles. The maximum atomic E-state index is 13.5. The quantitative estimate of drug-likeness (QED) is 0.449.